The molecule has 1 aliphatic rings. The standard InChI is InChI=1S/C23H27N3O4/c1-15-7-9-19(25-22(27)10-8-17-5-3-4-6-17)20(11-15)29-14-18-13-23(28)26-21(24-18)12-16(2)30-26/h7,9,11-13,17H,3-6,8,10,14H2,1-2H3,(H,25,27). The van der Waals surface area contributed by atoms with Crippen LogP contribution in [0.5, 0.6) is 5.75 Å². The molecule has 7 heteroatoms. The number of fused-ring (bicyclic) bond motifs is 1. The average molecular weight is 409 g/mol. The number of ether oxygens (including phenoxy) is 1. The summed E-state index contributed by atoms with van der Waals surface area (Å²) < 4.78 is 12.4. The van der Waals surface area contributed by atoms with Gasteiger partial charge in [0.1, 0.15) is 18.1 Å². The molecular weight excluding hydrogens is 382 g/mol. The maximum absolute atomic E-state index is 12.4. The Bertz CT molecular complexity index is 1110. The molecule has 1 saturated carbocycles. The van der Waals surface area contributed by atoms with Crippen LogP contribution in [0.3, 0.4) is 0 Å². The summed E-state index contributed by atoms with van der Waals surface area (Å²) in [5, 5.41) is 2.98. The van der Waals surface area contributed by atoms with E-state index in [4.69, 9.17) is 9.26 Å². The number of nitrogens with zero attached hydrogens (tertiary/aromatic N) is 2. The first-order valence-electron chi connectivity index (χ1n) is 10.5. The molecule has 0 aliphatic heterocycles. The van der Waals surface area contributed by atoms with Crippen molar-refractivity contribution in [3.05, 3.63) is 57.7 Å². The number of benzene rings is 1. The first-order valence-corrected chi connectivity index (χ1v) is 10.5. The summed E-state index contributed by atoms with van der Waals surface area (Å²) in [4.78, 5) is 29.0. The van der Waals surface area contributed by atoms with E-state index in [1.807, 2.05) is 25.1 Å². The minimum atomic E-state index is -0.295. The van der Waals surface area contributed by atoms with Gasteiger partial charge in [0.15, 0.2) is 5.65 Å². The molecule has 158 valence electrons. The molecule has 7 nitrogen and oxygen atoms in total. The van der Waals surface area contributed by atoms with Crippen LogP contribution < -0.4 is 15.6 Å². The number of aryl methyl sites for hydroxylation is 2. The number of rotatable bonds is 7. The van der Waals surface area contributed by atoms with E-state index in [2.05, 4.69) is 10.3 Å². The molecule has 3 aromatic rings. The summed E-state index contributed by atoms with van der Waals surface area (Å²) in [6.07, 6.45) is 6.49. The van der Waals surface area contributed by atoms with E-state index in [1.165, 1.54) is 31.7 Å². The van der Waals surface area contributed by atoms with Gasteiger partial charge in [-0.05, 0) is 43.9 Å². The van der Waals surface area contributed by atoms with Gasteiger partial charge in [-0.1, -0.05) is 31.7 Å². The number of hydrogen-bond acceptors (Lipinski definition) is 5. The Kier molecular flexibility index (Phi) is 5.88. The Morgan fingerprint density at radius 3 is 2.83 bits per heavy atom. The Labute approximate surface area is 175 Å². The molecule has 2 aromatic heterocycles. The SMILES string of the molecule is Cc1ccc(NC(=O)CCC2CCCC2)c(OCc2cc(=O)n3oc(C)cc3n2)c1. The fourth-order valence-electron chi connectivity index (χ4n) is 4.00. The lowest BCUT2D eigenvalue weighted by atomic mass is 10.0. The van der Waals surface area contributed by atoms with Crippen molar-refractivity contribution in [2.24, 2.45) is 5.92 Å². The van der Waals surface area contributed by atoms with Crippen LogP contribution in [0.4, 0.5) is 5.69 Å². The zero-order valence-corrected chi connectivity index (χ0v) is 17.4. The molecule has 1 amide bonds. The fourth-order valence-corrected chi connectivity index (χ4v) is 4.00. The molecular formula is C23H27N3O4. The van der Waals surface area contributed by atoms with E-state index in [-0.39, 0.29) is 18.1 Å². The van der Waals surface area contributed by atoms with Gasteiger partial charge in [-0.15, -0.1) is 4.57 Å². The Balaban J connectivity index is 1.44. The van der Waals surface area contributed by atoms with Crippen LogP contribution in [0.1, 0.15) is 55.5 Å². The molecule has 4 rings (SSSR count). The van der Waals surface area contributed by atoms with E-state index in [0.29, 0.717) is 40.9 Å². The normalized spacial score (nSPS) is 14.3. The van der Waals surface area contributed by atoms with Crippen LogP contribution in [-0.2, 0) is 11.4 Å². The second kappa shape index (κ2) is 8.73. The number of anilines is 1. The molecule has 0 radical (unpaired) electrons. The second-order valence-electron chi connectivity index (χ2n) is 8.11. The Hall–Kier alpha value is -3.09. The molecule has 0 unspecified atom stereocenters. The van der Waals surface area contributed by atoms with E-state index < -0.39 is 0 Å². The van der Waals surface area contributed by atoms with Gasteiger partial charge in [-0.2, -0.15) is 0 Å². The highest BCUT2D eigenvalue weighted by molar-refractivity contribution is 5.92. The third-order valence-electron chi connectivity index (χ3n) is 5.57. The summed E-state index contributed by atoms with van der Waals surface area (Å²) >= 11 is 0. The van der Waals surface area contributed by atoms with E-state index in [1.54, 1.807) is 13.0 Å². The highest BCUT2D eigenvalue weighted by atomic mass is 16.5. The molecule has 0 spiro atoms. The molecule has 30 heavy (non-hydrogen) atoms. The van der Waals surface area contributed by atoms with Crippen molar-refractivity contribution in [1.82, 2.24) is 9.56 Å². The van der Waals surface area contributed by atoms with Crippen molar-refractivity contribution < 1.29 is 14.1 Å². The third-order valence-corrected chi connectivity index (χ3v) is 5.57. The first-order chi connectivity index (χ1) is 14.5. The van der Waals surface area contributed by atoms with Crippen molar-refractivity contribution in [1.29, 1.82) is 0 Å². The number of carbonyl (C=O) groups excluding carboxylic acids is 1. The zero-order valence-electron chi connectivity index (χ0n) is 17.4. The minimum Gasteiger partial charge on any atom is -0.485 e. The molecule has 0 bridgehead atoms. The summed E-state index contributed by atoms with van der Waals surface area (Å²) in [6, 6.07) is 8.76. The van der Waals surface area contributed by atoms with Crippen LogP contribution in [0.2, 0.25) is 0 Å². The van der Waals surface area contributed by atoms with Gasteiger partial charge < -0.3 is 14.6 Å². The lowest BCUT2D eigenvalue weighted by molar-refractivity contribution is -0.116. The topological polar surface area (TPSA) is 85.8 Å². The van der Waals surface area contributed by atoms with Crippen LogP contribution >= 0.6 is 0 Å². The molecule has 1 fully saturated rings. The number of nitrogens with one attached hydrogen (secondary N) is 1. The monoisotopic (exact) mass is 409 g/mol. The lowest BCUT2D eigenvalue weighted by Gasteiger charge is -2.14. The molecule has 1 N–H and O–H groups in total. The van der Waals surface area contributed by atoms with Crippen LogP contribution in [0.15, 0.2) is 39.6 Å². The van der Waals surface area contributed by atoms with Crippen molar-refractivity contribution in [2.45, 2.75) is 59.0 Å². The molecule has 0 saturated heterocycles. The molecule has 2 heterocycles. The van der Waals surface area contributed by atoms with Crippen molar-refractivity contribution >= 4 is 17.2 Å². The van der Waals surface area contributed by atoms with Gasteiger partial charge in [0.2, 0.25) is 5.91 Å². The van der Waals surface area contributed by atoms with Gasteiger partial charge in [-0.3, -0.25) is 9.59 Å². The highest BCUT2D eigenvalue weighted by Gasteiger charge is 2.17. The maximum atomic E-state index is 12.4. The van der Waals surface area contributed by atoms with Gasteiger partial charge in [0.05, 0.1) is 11.4 Å². The first kappa shape index (κ1) is 20.2. The number of amides is 1. The van der Waals surface area contributed by atoms with Crippen molar-refractivity contribution in [3.63, 3.8) is 0 Å². The quantitative estimate of drug-likeness (QED) is 0.625. The van der Waals surface area contributed by atoms with Crippen molar-refractivity contribution in [2.75, 3.05) is 5.32 Å². The van der Waals surface area contributed by atoms with Gasteiger partial charge in [0, 0.05) is 18.6 Å². The average Bonchev–Trinajstić information content (AvgIpc) is 3.35. The smallest absolute Gasteiger partial charge is 0.287 e. The largest absolute Gasteiger partial charge is 0.485 e. The zero-order chi connectivity index (χ0) is 21.1. The molecule has 0 atom stereocenters. The predicted molar refractivity (Wildman–Crippen MR) is 114 cm³/mol. The van der Waals surface area contributed by atoms with E-state index in [0.717, 1.165) is 16.6 Å². The summed E-state index contributed by atoms with van der Waals surface area (Å²) in [5.41, 5.74) is 2.30. The predicted octanol–water partition coefficient (Wildman–Crippen LogP) is 4.39. The van der Waals surface area contributed by atoms with E-state index in [9.17, 15) is 9.59 Å². The number of aromatic nitrogens is 2. The molecule has 1 aliphatic carbocycles. The van der Waals surface area contributed by atoms with Crippen molar-refractivity contribution in [3.8, 4) is 5.75 Å². The Morgan fingerprint density at radius 1 is 1.23 bits per heavy atom. The third kappa shape index (κ3) is 4.72. The fraction of sp³-hybridized carbons (Fsp3) is 0.435. The summed E-state index contributed by atoms with van der Waals surface area (Å²) in [5.74, 6) is 1.85. The molecule has 1 aromatic carbocycles. The highest BCUT2D eigenvalue weighted by Crippen LogP contribution is 2.30. The second-order valence-corrected chi connectivity index (χ2v) is 8.11. The van der Waals surface area contributed by atoms with Gasteiger partial charge in [0.25, 0.3) is 5.56 Å². The lowest BCUT2D eigenvalue weighted by Crippen LogP contribution is -2.15. The number of carbonyl (C=O) groups is 1. The van der Waals surface area contributed by atoms with Gasteiger partial charge in [-0.25, -0.2) is 4.98 Å². The maximum Gasteiger partial charge on any atom is 0.287 e. The minimum absolute atomic E-state index is 0.00210. The van der Waals surface area contributed by atoms with Crippen LogP contribution in [0, 0.1) is 19.8 Å². The summed E-state index contributed by atoms with van der Waals surface area (Å²) in [6.45, 7) is 3.84. The summed E-state index contributed by atoms with van der Waals surface area (Å²) in [7, 11) is 0. The number of hydrogen-bond donors (Lipinski definition) is 1. The van der Waals surface area contributed by atoms with Gasteiger partial charge >= 0.3 is 0 Å². The van der Waals surface area contributed by atoms with Crippen LogP contribution in [-0.4, -0.2) is 15.5 Å². The van der Waals surface area contributed by atoms with Crippen LogP contribution in [0.25, 0.3) is 5.65 Å². The Morgan fingerprint density at radius 2 is 2.03 bits per heavy atom. The van der Waals surface area contributed by atoms with E-state index >= 15 is 0 Å².